The SMILES string of the molecule is C[N+](C)(C)C(=O)Oc1cccc2c1OCC2.[S-]C(Cl)(Cl)Cl. The minimum Gasteiger partial charge on any atom is -0.737 e. The van der Waals surface area contributed by atoms with Crippen molar-refractivity contribution in [3.63, 3.8) is 0 Å². The van der Waals surface area contributed by atoms with Gasteiger partial charge in [0.1, 0.15) is 0 Å². The molecule has 2 rings (SSSR count). The molecule has 1 amide bonds. The lowest BCUT2D eigenvalue weighted by Gasteiger charge is -2.19. The Kier molecular flexibility index (Phi) is 6.50. The fourth-order valence-electron chi connectivity index (χ4n) is 1.50. The van der Waals surface area contributed by atoms with Crippen LogP contribution in [0.4, 0.5) is 4.79 Å². The van der Waals surface area contributed by atoms with E-state index in [2.05, 4.69) is 12.6 Å². The van der Waals surface area contributed by atoms with Crippen LogP contribution in [-0.2, 0) is 19.0 Å². The summed E-state index contributed by atoms with van der Waals surface area (Å²) in [4.78, 5) is 11.7. The summed E-state index contributed by atoms with van der Waals surface area (Å²) in [5, 5.41) is 0. The highest BCUT2D eigenvalue weighted by atomic mass is 35.6. The van der Waals surface area contributed by atoms with Gasteiger partial charge in [-0.2, -0.15) is 4.79 Å². The topological polar surface area (TPSA) is 35.5 Å². The Balaban J connectivity index is 0.000000383. The van der Waals surface area contributed by atoms with Crippen molar-refractivity contribution < 1.29 is 18.8 Å². The summed E-state index contributed by atoms with van der Waals surface area (Å²) in [6.45, 7) is 0.661. The zero-order valence-electron chi connectivity index (χ0n) is 11.9. The molecule has 0 aromatic heterocycles. The molecule has 0 fully saturated rings. The maximum absolute atomic E-state index is 11.7. The van der Waals surface area contributed by atoms with Crippen molar-refractivity contribution in [1.82, 2.24) is 0 Å². The number of ether oxygens (including phenoxy) is 2. The number of carbonyl (C=O) groups excluding carboxylic acids is 1. The molecule has 0 spiro atoms. The highest BCUT2D eigenvalue weighted by Gasteiger charge is 2.26. The van der Waals surface area contributed by atoms with Crippen molar-refractivity contribution >= 4 is 53.5 Å². The van der Waals surface area contributed by atoms with Gasteiger partial charge in [0.15, 0.2) is 11.5 Å². The van der Waals surface area contributed by atoms with Gasteiger partial charge in [-0.1, -0.05) is 12.1 Å². The molecule has 1 aromatic rings. The largest absolute Gasteiger partial charge is 0.737 e. The third kappa shape index (κ3) is 6.98. The van der Waals surface area contributed by atoms with Crippen molar-refractivity contribution in [2.45, 2.75) is 9.55 Å². The van der Waals surface area contributed by atoms with Crippen LogP contribution in [0.3, 0.4) is 0 Å². The van der Waals surface area contributed by atoms with E-state index >= 15 is 0 Å². The summed E-state index contributed by atoms with van der Waals surface area (Å²) in [6.07, 6.45) is 0.578. The predicted octanol–water partition coefficient (Wildman–Crippen LogP) is 3.69. The van der Waals surface area contributed by atoms with Crippen LogP contribution in [0, 0.1) is 0 Å². The third-order valence-corrected chi connectivity index (χ3v) is 2.42. The molecule has 0 bridgehead atoms. The molecule has 4 nitrogen and oxygen atoms in total. The van der Waals surface area contributed by atoms with Gasteiger partial charge >= 0.3 is 6.09 Å². The maximum Gasteiger partial charge on any atom is 0.520 e. The molecule has 0 aliphatic carbocycles. The summed E-state index contributed by atoms with van der Waals surface area (Å²) >= 11 is 18.8. The van der Waals surface area contributed by atoms with Crippen LogP contribution in [0.2, 0.25) is 0 Å². The summed E-state index contributed by atoms with van der Waals surface area (Å²) in [6, 6.07) is 5.63. The highest BCUT2D eigenvalue weighted by Crippen LogP contribution is 2.35. The monoisotopic (exact) mass is 371 g/mol. The number of halogens is 3. The van der Waals surface area contributed by atoms with Crippen molar-refractivity contribution in [1.29, 1.82) is 0 Å². The number of para-hydroxylation sites is 1. The molecule has 0 radical (unpaired) electrons. The average Bonchev–Trinajstić information content (AvgIpc) is 2.74. The van der Waals surface area contributed by atoms with Crippen LogP contribution in [-0.4, -0.2) is 41.5 Å². The number of fused-ring (bicyclic) bond motifs is 1. The van der Waals surface area contributed by atoms with Crippen LogP contribution in [0.25, 0.3) is 0 Å². The van der Waals surface area contributed by atoms with Gasteiger partial charge in [0.25, 0.3) is 0 Å². The summed E-state index contributed by atoms with van der Waals surface area (Å²) in [5.74, 6) is 1.23. The Bertz CT molecular complexity index is 506. The third-order valence-electron chi connectivity index (χ3n) is 2.42. The molecule has 0 unspecified atom stereocenters. The molecule has 1 aliphatic rings. The molecular weight excluding hydrogens is 357 g/mol. The smallest absolute Gasteiger partial charge is 0.520 e. The van der Waals surface area contributed by atoms with Gasteiger partial charge in [-0.25, -0.2) is 4.48 Å². The van der Waals surface area contributed by atoms with E-state index in [1.54, 1.807) is 27.2 Å². The first kappa shape index (κ1) is 18.7. The van der Waals surface area contributed by atoms with Gasteiger partial charge in [-0.15, -0.1) is 34.8 Å². The number of carbonyl (C=O) groups is 1. The first-order valence-corrected chi connectivity index (χ1v) is 7.58. The van der Waals surface area contributed by atoms with Crippen LogP contribution >= 0.6 is 34.8 Å². The molecule has 8 heteroatoms. The quantitative estimate of drug-likeness (QED) is 0.428. The molecule has 1 heterocycles. The van der Waals surface area contributed by atoms with Gasteiger partial charge in [0.2, 0.25) is 0 Å². The average molecular weight is 373 g/mol. The van der Waals surface area contributed by atoms with Gasteiger partial charge in [-0.05, 0) is 6.07 Å². The zero-order chi connectivity index (χ0) is 16.3. The van der Waals surface area contributed by atoms with Crippen molar-refractivity contribution in [2.24, 2.45) is 0 Å². The molecule has 0 saturated heterocycles. The van der Waals surface area contributed by atoms with Gasteiger partial charge < -0.3 is 22.1 Å². The van der Waals surface area contributed by atoms with Crippen molar-refractivity contribution in [3.8, 4) is 11.5 Å². The number of amides is 1. The minimum atomic E-state index is -1.50. The van der Waals surface area contributed by atoms with E-state index in [9.17, 15) is 4.79 Å². The first-order valence-electron chi connectivity index (χ1n) is 6.04. The second-order valence-electron chi connectivity index (χ2n) is 5.17. The Morgan fingerprint density at radius 2 is 1.90 bits per heavy atom. The molecule has 1 aromatic carbocycles. The number of hydrogen-bond donors (Lipinski definition) is 0. The number of rotatable bonds is 1. The molecule has 0 saturated carbocycles. The van der Waals surface area contributed by atoms with Crippen LogP contribution in [0.15, 0.2) is 18.2 Å². The number of hydrogen-bond acceptors (Lipinski definition) is 4. The Hall–Kier alpha value is -0.330. The lowest BCUT2D eigenvalue weighted by atomic mass is 10.1. The lowest BCUT2D eigenvalue weighted by Crippen LogP contribution is -2.43. The van der Waals surface area contributed by atoms with E-state index in [0.29, 0.717) is 18.1 Å². The molecule has 1 aliphatic heterocycles. The standard InChI is InChI=1S/C12H16NO3.CHCl3S/c1-13(2,3)12(14)16-10-6-4-5-9-7-8-15-11(9)10;2-1(3,4)5/h4-6H,7-8H2,1-3H3;5H/q+1;/p-1. The Morgan fingerprint density at radius 3 is 2.43 bits per heavy atom. The number of alkyl halides is 3. The summed E-state index contributed by atoms with van der Waals surface area (Å²) in [7, 11) is 5.31. The van der Waals surface area contributed by atoms with Crippen LogP contribution < -0.4 is 9.47 Å². The first-order chi connectivity index (χ1) is 9.48. The molecule has 21 heavy (non-hydrogen) atoms. The van der Waals surface area contributed by atoms with E-state index in [1.165, 1.54) is 0 Å². The number of benzene rings is 1. The number of quaternary nitrogens is 1. The van der Waals surface area contributed by atoms with Crippen molar-refractivity contribution in [2.75, 3.05) is 27.7 Å². The summed E-state index contributed by atoms with van der Waals surface area (Å²) in [5.41, 5.74) is 1.10. The van der Waals surface area contributed by atoms with Crippen LogP contribution in [0.1, 0.15) is 5.56 Å². The predicted molar refractivity (Wildman–Crippen MR) is 87.4 cm³/mol. The Morgan fingerprint density at radius 1 is 1.33 bits per heavy atom. The second kappa shape index (κ2) is 7.29. The second-order valence-corrected chi connectivity index (χ2v) is 8.73. The molecule has 118 valence electrons. The lowest BCUT2D eigenvalue weighted by molar-refractivity contribution is -0.793. The molecular formula is C13H16Cl3NO3S. The Labute approximate surface area is 144 Å². The van der Waals surface area contributed by atoms with Gasteiger partial charge in [0, 0.05) is 12.0 Å². The van der Waals surface area contributed by atoms with E-state index in [1.807, 2.05) is 12.1 Å². The van der Waals surface area contributed by atoms with E-state index in [4.69, 9.17) is 44.3 Å². The normalized spacial score (nSPS) is 13.7. The number of nitrogens with zero attached hydrogens (tertiary/aromatic N) is 1. The highest BCUT2D eigenvalue weighted by molar-refractivity contribution is 7.67. The van der Waals surface area contributed by atoms with Crippen LogP contribution in [0.5, 0.6) is 11.5 Å². The fraction of sp³-hybridized carbons (Fsp3) is 0.462. The fourth-order valence-corrected chi connectivity index (χ4v) is 1.50. The van der Waals surface area contributed by atoms with E-state index < -0.39 is 3.12 Å². The van der Waals surface area contributed by atoms with Gasteiger partial charge in [0.05, 0.1) is 30.9 Å². The van der Waals surface area contributed by atoms with Gasteiger partial charge in [-0.3, -0.25) is 0 Å². The minimum absolute atomic E-state index is 0.129. The van der Waals surface area contributed by atoms with E-state index in [-0.39, 0.29) is 10.6 Å². The maximum atomic E-state index is 11.7. The summed E-state index contributed by atoms with van der Waals surface area (Å²) < 4.78 is 9.42. The van der Waals surface area contributed by atoms with E-state index in [0.717, 1.165) is 12.0 Å². The molecule has 0 N–H and O–H groups in total. The zero-order valence-corrected chi connectivity index (χ0v) is 14.9. The van der Waals surface area contributed by atoms with Crippen molar-refractivity contribution in [3.05, 3.63) is 23.8 Å². The molecule has 0 atom stereocenters.